The molecular weight excluding hydrogens is 356 g/mol. The van der Waals surface area contributed by atoms with E-state index in [-0.39, 0.29) is 12.8 Å². The third-order valence-corrected chi connectivity index (χ3v) is 6.16. The first-order valence-electron chi connectivity index (χ1n) is 8.59. The summed E-state index contributed by atoms with van der Waals surface area (Å²) in [6, 6.07) is 2.26. The van der Waals surface area contributed by atoms with Crippen molar-refractivity contribution in [3.05, 3.63) is 27.9 Å². The Labute approximate surface area is 144 Å². The van der Waals surface area contributed by atoms with Gasteiger partial charge in [0.05, 0.1) is 11.7 Å². The van der Waals surface area contributed by atoms with Crippen molar-refractivity contribution < 1.29 is 9.84 Å². The summed E-state index contributed by atoms with van der Waals surface area (Å²) in [5.41, 5.74) is 3.87. The first-order chi connectivity index (χ1) is 11.2. The van der Waals surface area contributed by atoms with E-state index in [1.807, 2.05) is 10.9 Å². The molecule has 0 radical (unpaired) electrons. The quantitative estimate of drug-likeness (QED) is 0.862. The number of aliphatic hydroxyl groups excluding tert-OH is 1. The van der Waals surface area contributed by atoms with Gasteiger partial charge in [-0.3, -0.25) is 0 Å². The van der Waals surface area contributed by atoms with E-state index in [9.17, 15) is 0 Å². The van der Waals surface area contributed by atoms with Crippen molar-refractivity contribution in [1.82, 2.24) is 9.78 Å². The van der Waals surface area contributed by atoms with E-state index in [4.69, 9.17) is 9.84 Å². The Morgan fingerprint density at radius 2 is 2.30 bits per heavy atom. The van der Waals surface area contributed by atoms with Crippen LogP contribution in [-0.2, 0) is 4.74 Å². The van der Waals surface area contributed by atoms with Crippen LogP contribution < -0.4 is 0 Å². The van der Waals surface area contributed by atoms with Crippen LogP contribution in [0.3, 0.4) is 0 Å². The predicted molar refractivity (Wildman–Crippen MR) is 93.6 cm³/mol. The molecule has 5 heteroatoms. The number of rotatable bonds is 4. The fourth-order valence-electron chi connectivity index (χ4n) is 3.97. The molecule has 1 saturated carbocycles. The molecular formula is C18H23BrN2O2. The van der Waals surface area contributed by atoms with E-state index in [2.05, 4.69) is 34.0 Å². The Hall–Kier alpha value is -0.910. The summed E-state index contributed by atoms with van der Waals surface area (Å²) in [5, 5.41) is 15.0. The molecule has 1 N–H and O–H groups in total. The number of aryl methyl sites for hydroxylation is 1. The summed E-state index contributed by atoms with van der Waals surface area (Å²) in [4.78, 5) is 0. The number of hydrogen-bond acceptors (Lipinski definition) is 3. The zero-order valence-electron chi connectivity index (χ0n) is 13.5. The smallest absolute Gasteiger partial charge is 0.150 e. The highest BCUT2D eigenvalue weighted by Gasteiger charge is 2.40. The van der Waals surface area contributed by atoms with Gasteiger partial charge in [0.25, 0.3) is 0 Å². The van der Waals surface area contributed by atoms with E-state index in [0.717, 1.165) is 31.4 Å². The normalized spacial score (nSPS) is 27.5. The lowest BCUT2D eigenvalue weighted by Gasteiger charge is -2.23. The number of nitrogens with zero attached hydrogens (tertiary/aromatic N) is 2. The predicted octanol–water partition coefficient (Wildman–Crippen LogP) is 4.29. The lowest BCUT2D eigenvalue weighted by Crippen LogP contribution is -2.19. The molecule has 23 heavy (non-hydrogen) atoms. The van der Waals surface area contributed by atoms with Gasteiger partial charge in [0.2, 0.25) is 0 Å². The molecule has 1 aromatic heterocycles. The molecule has 2 aliphatic rings. The van der Waals surface area contributed by atoms with Gasteiger partial charge in [0.1, 0.15) is 0 Å². The van der Waals surface area contributed by atoms with Gasteiger partial charge in [-0.05, 0) is 84.0 Å². The number of aromatic nitrogens is 2. The molecule has 1 aliphatic heterocycles. The molecule has 0 amide bonds. The van der Waals surface area contributed by atoms with Crippen LogP contribution in [0, 0.1) is 12.8 Å². The molecule has 2 fully saturated rings. The van der Waals surface area contributed by atoms with Gasteiger partial charge in [-0.2, -0.15) is 5.10 Å². The van der Waals surface area contributed by atoms with Gasteiger partial charge in [-0.25, -0.2) is 4.68 Å². The molecule has 4 nitrogen and oxygen atoms in total. The summed E-state index contributed by atoms with van der Waals surface area (Å²) in [5.74, 6) is 1.21. The summed E-state index contributed by atoms with van der Waals surface area (Å²) in [6.45, 7) is 3.30. The molecule has 0 spiro atoms. The zero-order valence-corrected chi connectivity index (χ0v) is 15.1. The molecule has 0 unspecified atom stereocenters. The summed E-state index contributed by atoms with van der Waals surface area (Å²) in [6.07, 6.45) is 7.52. The first-order valence-corrected chi connectivity index (χ1v) is 9.38. The van der Waals surface area contributed by atoms with E-state index in [1.165, 1.54) is 33.8 Å². The molecule has 124 valence electrons. The molecule has 3 atom stereocenters. The molecule has 1 aromatic carbocycles. The van der Waals surface area contributed by atoms with E-state index < -0.39 is 0 Å². The topological polar surface area (TPSA) is 47.3 Å². The largest absolute Gasteiger partial charge is 0.396 e. The second-order valence-corrected chi connectivity index (χ2v) is 7.67. The maximum absolute atomic E-state index is 9.16. The Morgan fingerprint density at radius 1 is 1.43 bits per heavy atom. The maximum Gasteiger partial charge on any atom is 0.150 e. The third-order valence-electron chi connectivity index (χ3n) is 5.31. The maximum atomic E-state index is 9.16. The number of hydrogen-bond donors (Lipinski definition) is 1. The molecule has 1 saturated heterocycles. The van der Waals surface area contributed by atoms with Crippen LogP contribution in [-0.4, -0.2) is 28.1 Å². The van der Waals surface area contributed by atoms with Crippen molar-refractivity contribution in [3.63, 3.8) is 0 Å². The molecule has 2 heterocycles. The lowest BCUT2D eigenvalue weighted by molar-refractivity contribution is -0.0366. The summed E-state index contributed by atoms with van der Waals surface area (Å²) < 4.78 is 9.14. The van der Waals surface area contributed by atoms with Crippen molar-refractivity contribution in [2.24, 2.45) is 5.92 Å². The standard InChI is InChI=1S/C18H23BrN2O2/c1-11-8-15-14(10-20-21(15)16-4-2-3-7-23-16)18(19)17(11)13-9-12(13)5-6-22/h8,10,12-13,16,22H,2-7,9H2,1H3/t12-,13+,16+/m0/s1. The highest BCUT2D eigenvalue weighted by atomic mass is 79.9. The molecule has 1 aliphatic carbocycles. The average molecular weight is 379 g/mol. The van der Waals surface area contributed by atoms with Crippen molar-refractivity contribution in [2.45, 2.75) is 51.2 Å². The second kappa shape index (κ2) is 6.19. The number of aliphatic hydroxyl groups is 1. The van der Waals surface area contributed by atoms with Crippen LogP contribution >= 0.6 is 15.9 Å². The van der Waals surface area contributed by atoms with Crippen LogP contribution in [0.1, 0.15) is 55.4 Å². The van der Waals surface area contributed by atoms with E-state index in [0.29, 0.717) is 11.8 Å². The minimum absolute atomic E-state index is 0.0708. The molecule has 0 bridgehead atoms. The van der Waals surface area contributed by atoms with Gasteiger partial charge in [0.15, 0.2) is 6.23 Å². The Kier molecular flexibility index (Phi) is 4.20. The zero-order chi connectivity index (χ0) is 16.0. The average Bonchev–Trinajstić information content (AvgIpc) is 3.16. The number of ether oxygens (including phenoxy) is 1. The van der Waals surface area contributed by atoms with Gasteiger partial charge in [0, 0.05) is 23.1 Å². The van der Waals surface area contributed by atoms with E-state index >= 15 is 0 Å². The van der Waals surface area contributed by atoms with E-state index in [1.54, 1.807) is 0 Å². The summed E-state index contributed by atoms with van der Waals surface area (Å²) >= 11 is 3.83. The monoisotopic (exact) mass is 378 g/mol. The number of halogens is 1. The van der Waals surface area contributed by atoms with Gasteiger partial charge < -0.3 is 9.84 Å². The van der Waals surface area contributed by atoms with Crippen LogP contribution in [0.25, 0.3) is 10.9 Å². The number of benzene rings is 1. The van der Waals surface area contributed by atoms with Gasteiger partial charge in [-0.1, -0.05) is 0 Å². The van der Waals surface area contributed by atoms with Crippen LogP contribution in [0.4, 0.5) is 0 Å². The van der Waals surface area contributed by atoms with Crippen LogP contribution in [0.2, 0.25) is 0 Å². The Bertz CT molecular complexity index is 721. The van der Waals surface area contributed by atoms with Crippen molar-refractivity contribution in [1.29, 1.82) is 0 Å². The highest BCUT2D eigenvalue weighted by Crippen LogP contribution is 2.53. The highest BCUT2D eigenvalue weighted by molar-refractivity contribution is 9.10. The summed E-state index contributed by atoms with van der Waals surface area (Å²) in [7, 11) is 0. The number of fused-ring (bicyclic) bond motifs is 1. The van der Waals surface area contributed by atoms with Gasteiger partial charge >= 0.3 is 0 Å². The Balaban J connectivity index is 1.72. The van der Waals surface area contributed by atoms with Crippen LogP contribution in [0.5, 0.6) is 0 Å². The fourth-order valence-corrected chi connectivity index (χ4v) is 4.89. The van der Waals surface area contributed by atoms with Gasteiger partial charge in [-0.15, -0.1) is 0 Å². The lowest BCUT2D eigenvalue weighted by atomic mass is 10.00. The fraction of sp³-hybridized carbons (Fsp3) is 0.611. The molecule has 4 rings (SSSR count). The SMILES string of the molecule is Cc1cc2c(cnn2[C@H]2CCCCO2)c(Br)c1[C@@H]1C[C@@H]1CCO. The minimum Gasteiger partial charge on any atom is -0.396 e. The van der Waals surface area contributed by atoms with Crippen molar-refractivity contribution in [2.75, 3.05) is 13.2 Å². The Morgan fingerprint density at radius 3 is 3.04 bits per heavy atom. The third kappa shape index (κ3) is 2.73. The van der Waals surface area contributed by atoms with Crippen LogP contribution in [0.15, 0.2) is 16.7 Å². The van der Waals surface area contributed by atoms with Crippen molar-refractivity contribution in [3.8, 4) is 0 Å². The van der Waals surface area contributed by atoms with Crippen molar-refractivity contribution >= 4 is 26.8 Å². The molecule has 2 aromatic rings. The first kappa shape index (κ1) is 15.6. The minimum atomic E-state index is 0.0708. The second-order valence-electron chi connectivity index (χ2n) is 6.88.